The molecule has 0 aliphatic heterocycles. The van der Waals surface area contributed by atoms with Crippen molar-refractivity contribution in [2.45, 2.75) is 24.9 Å². The highest BCUT2D eigenvalue weighted by Crippen LogP contribution is 2.25. The van der Waals surface area contributed by atoms with Crippen LogP contribution in [0.3, 0.4) is 0 Å². The zero-order valence-electron chi connectivity index (χ0n) is 11.9. The fraction of sp³-hybridized carbons (Fsp3) is 0.235. The van der Waals surface area contributed by atoms with Gasteiger partial charge < -0.3 is 10.6 Å². The van der Waals surface area contributed by atoms with Gasteiger partial charge in [-0.15, -0.1) is 0 Å². The van der Waals surface area contributed by atoms with Crippen LogP contribution in [-0.2, 0) is 4.79 Å². The van der Waals surface area contributed by atoms with Crippen LogP contribution < -0.4 is 10.6 Å². The van der Waals surface area contributed by atoms with Gasteiger partial charge in [0.25, 0.3) is 0 Å². The Labute approximate surface area is 133 Å². The summed E-state index contributed by atoms with van der Waals surface area (Å²) in [4.78, 5) is 12.5. The number of nitrogens with one attached hydrogen (secondary N) is 2. The smallest absolute Gasteiger partial charge is 0.247 e. The Morgan fingerprint density at radius 1 is 1.18 bits per heavy atom. The molecule has 1 saturated carbocycles. The van der Waals surface area contributed by atoms with Crippen LogP contribution in [0.15, 0.2) is 48.5 Å². The standard InChI is InChI=1S/C17H16ClFN2O/c18-14-9-8-13(10-15(14)19)20-16(11-4-2-1-3-5-11)17(22)21-12-6-7-12/h1-5,8-10,12,16,20H,6-7H2,(H,21,22)/t16-/m0/s1. The molecule has 0 saturated heterocycles. The lowest BCUT2D eigenvalue weighted by atomic mass is 10.1. The van der Waals surface area contributed by atoms with Gasteiger partial charge in [0.15, 0.2) is 0 Å². The normalized spacial score (nSPS) is 15.2. The predicted molar refractivity (Wildman–Crippen MR) is 85.4 cm³/mol. The van der Waals surface area contributed by atoms with Crippen LogP contribution in [0.5, 0.6) is 0 Å². The van der Waals surface area contributed by atoms with Crippen LogP contribution in [0.1, 0.15) is 24.4 Å². The van der Waals surface area contributed by atoms with Crippen molar-refractivity contribution < 1.29 is 9.18 Å². The van der Waals surface area contributed by atoms with Gasteiger partial charge in [-0.05, 0) is 36.6 Å². The SMILES string of the molecule is O=C(NC1CC1)[C@@H](Nc1ccc(Cl)c(F)c1)c1ccccc1. The molecular formula is C17H16ClFN2O. The van der Waals surface area contributed by atoms with E-state index in [1.165, 1.54) is 12.1 Å². The first-order chi connectivity index (χ1) is 10.6. The summed E-state index contributed by atoms with van der Waals surface area (Å²) >= 11 is 5.69. The molecule has 22 heavy (non-hydrogen) atoms. The van der Waals surface area contributed by atoms with E-state index in [1.54, 1.807) is 6.07 Å². The molecule has 2 aromatic carbocycles. The van der Waals surface area contributed by atoms with E-state index >= 15 is 0 Å². The summed E-state index contributed by atoms with van der Waals surface area (Å²) < 4.78 is 13.6. The van der Waals surface area contributed by atoms with Gasteiger partial charge in [-0.1, -0.05) is 41.9 Å². The third-order valence-corrected chi connectivity index (χ3v) is 3.86. The maximum absolute atomic E-state index is 13.6. The first kappa shape index (κ1) is 14.9. The molecule has 2 aromatic rings. The second-order valence-corrected chi connectivity index (χ2v) is 5.81. The van der Waals surface area contributed by atoms with Gasteiger partial charge in [0.1, 0.15) is 11.9 Å². The fourth-order valence-electron chi connectivity index (χ4n) is 2.21. The molecule has 3 rings (SSSR count). The van der Waals surface area contributed by atoms with Crippen molar-refractivity contribution in [3.63, 3.8) is 0 Å². The molecule has 0 aromatic heterocycles. The topological polar surface area (TPSA) is 41.1 Å². The summed E-state index contributed by atoms with van der Waals surface area (Å²) in [5.74, 6) is -0.620. The summed E-state index contributed by atoms with van der Waals surface area (Å²) in [6.07, 6.45) is 2.03. The molecule has 0 heterocycles. The average Bonchev–Trinajstić information content (AvgIpc) is 3.33. The van der Waals surface area contributed by atoms with Crippen molar-refractivity contribution in [1.29, 1.82) is 0 Å². The maximum Gasteiger partial charge on any atom is 0.247 e. The van der Waals surface area contributed by atoms with Crippen LogP contribution in [-0.4, -0.2) is 11.9 Å². The number of amides is 1. The monoisotopic (exact) mass is 318 g/mol. The van der Waals surface area contributed by atoms with Crippen LogP contribution in [0.2, 0.25) is 5.02 Å². The lowest BCUT2D eigenvalue weighted by Gasteiger charge is -2.20. The van der Waals surface area contributed by atoms with Crippen LogP contribution in [0, 0.1) is 5.82 Å². The van der Waals surface area contributed by atoms with Gasteiger partial charge in [-0.25, -0.2) is 4.39 Å². The van der Waals surface area contributed by atoms with E-state index in [2.05, 4.69) is 10.6 Å². The lowest BCUT2D eigenvalue weighted by Crippen LogP contribution is -2.34. The minimum absolute atomic E-state index is 0.0595. The molecule has 3 nitrogen and oxygen atoms in total. The van der Waals surface area contributed by atoms with Crippen molar-refractivity contribution in [2.24, 2.45) is 0 Å². The second-order valence-electron chi connectivity index (χ2n) is 5.40. The largest absolute Gasteiger partial charge is 0.370 e. The number of carbonyl (C=O) groups excluding carboxylic acids is 1. The Morgan fingerprint density at radius 3 is 2.55 bits per heavy atom. The summed E-state index contributed by atoms with van der Waals surface area (Å²) in [5.41, 5.74) is 1.35. The summed E-state index contributed by atoms with van der Waals surface area (Å²) in [6.45, 7) is 0. The minimum Gasteiger partial charge on any atom is -0.370 e. The highest BCUT2D eigenvalue weighted by Gasteiger charge is 2.28. The Morgan fingerprint density at radius 2 is 1.91 bits per heavy atom. The Hall–Kier alpha value is -2.07. The molecular weight excluding hydrogens is 303 g/mol. The third kappa shape index (κ3) is 3.57. The zero-order chi connectivity index (χ0) is 15.5. The quantitative estimate of drug-likeness (QED) is 0.877. The number of halogens is 2. The molecule has 1 aliphatic carbocycles. The fourth-order valence-corrected chi connectivity index (χ4v) is 2.33. The second kappa shape index (κ2) is 6.36. The summed E-state index contributed by atoms with van der Waals surface area (Å²) in [7, 11) is 0. The van der Waals surface area contributed by atoms with Gasteiger partial charge in [0.2, 0.25) is 5.91 Å². The highest BCUT2D eigenvalue weighted by molar-refractivity contribution is 6.30. The van der Waals surface area contributed by atoms with E-state index in [-0.39, 0.29) is 17.0 Å². The Kier molecular flexibility index (Phi) is 4.29. The van der Waals surface area contributed by atoms with Gasteiger partial charge in [0, 0.05) is 11.7 Å². The number of hydrogen-bond donors (Lipinski definition) is 2. The van der Waals surface area contributed by atoms with E-state index in [1.807, 2.05) is 30.3 Å². The first-order valence-electron chi connectivity index (χ1n) is 7.20. The van der Waals surface area contributed by atoms with Gasteiger partial charge in [-0.3, -0.25) is 4.79 Å². The van der Waals surface area contributed by atoms with Gasteiger partial charge in [0.05, 0.1) is 5.02 Å². The molecule has 1 aliphatic rings. The minimum atomic E-state index is -0.567. The van der Waals surface area contributed by atoms with E-state index in [9.17, 15) is 9.18 Å². The van der Waals surface area contributed by atoms with E-state index < -0.39 is 11.9 Å². The van der Waals surface area contributed by atoms with Crippen LogP contribution in [0.25, 0.3) is 0 Å². The molecule has 0 bridgehead atoms. The number of hydrogen-bond acceptors (Lipinski definition) is 2. The molecule has 1 atom stereocenters. The van der Waals surface area contributed by atoms with Crippen LogP contribution >= 0.6 is 11.6 Å². The molecule has 0 unspecified atom stereocenters. The van der Waals surface area contributed by atoms with Crippen molar-refractivity contribution >= 4 is 23.2 Å². The lowest BCUT2D eigenvalue weighted by molar-refractivity contribution is -0.122. The van der Waals surface area contributed by atoms with E-state index in [0.717, 1.165) is 18.4 Å². The van der Waals surface area contributed by atoms with Crippen molar-refractivity contribution in [2.75, 3.05) is 5.32 Å². The molecule has 0 radical (unpaired) electrons. The number of rotatable bonds is 5. The maximum atomic E-state index is 13.6. The predicted octanol–water partition coefficient (Wildman–Crippen LogP) is 3.91. The highest BCUT2D eigenvalue weighted by atomic mass is 35.5. The third-order valence-electron chi connectivity index (χ3n) is 3.55. The van der Waals surface area contributed by atoms with E-state index in [0.29, 0.717) is 5.69 Å². The van der Waals surface area contributed by atoms with Gasteiger partial charge in [-0.2, -0.15) is 0 Å². The molecule has 0 spiro atoms. The number of benzene rings is 2. The van der Waals surface area contributed by atoms with Crippen molar-refractivity contribution in [1.82, 2.24) is 5.32 Å². The molecule has 1 fully saturated rings. The van der Waals surface area contributed by atoms with E-state index in [4.69, 9.17) is 11.6 Å². The average molecular weight is 319 g/mol. The van der Waals surface area contributed by atoms with Crippen LogP contribution in [0.4, 0.5) is 10.1 Å². The van der Waals surface area contributed by atoms with Crippen molar-refractivity contribution in [3.8, 4) is 0 Å². The number of carbonyl (C=O) groups is 1. The van der Waals surface area contributed by atoms with Crippen molar-refractivity contribution in [3.05, 3.63) is 64.9 Å². The molecule has 1 amide bonds. The zero-order valence-corrected chi connectivity index (χ0v) is 12.6. The summed E-state index contributed by atoms with van der Waals surface area (Å²) in [5, 5.41) is 6.12. The van der Waals surface area contributed by atoms with Gasteiger partial charge >= 0.3 is 0 Å². The number of anilines is 1. The first-order valence-corrected chi connectivity index (χ1v) is 7.58. The molecule has 114 valence electrons. The molecule has 2 N–H and O–H groups in total. The Bertz CT molecular complexity index is 674. The Balaban J connectivity index is 1.83. The summed E-state index contributed by atoms with van der Waals surface area (Å²) in [6, 6.07) is 13.5. The molecule has 5 heteroatoms.